The summed E-state index contributed by atoms with van der Waals surface area (Å²) in [5, 5.41) is 2.30. The van der Waals surface area contributed by atoms with Crippen LogP contribution >= 0.6 is 0 Å². The smallest absolute Gasteiger partial charge is 0.362 e. The summed E-state index contributed by atoms with van der Waals surface area (Å²) in [7, 11) is 0. The van der Waals surface area contributed by atoms with Gasteiger partial charge in [0.15, 0.2) is 0 Å². The quantitative estimate of drug-likeness (QED) is 0.832. The number of halogens is 3. The normalized spacial score (nSPS) is 11.3. The number of amides is 1. The molecule has 0 atom stereocenters. The van der Waals surface area contributed by atoms with Crippen LogP contribution in [-0.2, 0) is 16.1 Å². The van der Waals surface area contributed by atoms with E-state index in [0.717, 1.165) is 5.56 Å². The highest BCUT2D eigenvalue weighted by atomic mass is 19.4. The molecular formula is C10H12F3N3O2. The van der Waals surface area contributed by atoms with Crippen LogP contribution in [0.3, 0.4) is 0 Å². The monoisotopic (exact) mass is 263 g/mol. The Balaban J connectivity index is 2.35. The van der Waals surface area contributed by atoms with Gasteiger partial charge >= 0.3 is 6.18 Å². The van der Waals surface area contributed by atoms with E-state index in [1.54, 1.807) is 6.07 Å². The molecule has 0 aromatic carbocycles. The van der Waals surface area contributed by atoms with Crippen LogP contribution in [0.15, 0.2) is 18.3 Å². The van der Waals surface area contributed by atoms with E-state index in [-0.39, 0.29) is 5.82 Å². The summed E-state index contributed by atoms with van der Waals surface area (Å²) < 4.78 is 39.4. The van der Waals surface area contributed by atoms with Crippen LogP contribution in [0.25, 0.3) is 0 Å². The van der Waals surface area contributed by atoms with E-state index < -0.39 is 25.3 Å². The van der Waals surface area contributed by atoms with Gasteiger partial charge in [0, 0.05) is 12.7 Å². The second kappa shape index (κ2) is 6.31. The average Bonchev–Trinajstić information content (AvgIpc) is 2.28. The van der Waals surface area contributed by atoms with Crippen molar-refractivity contribution in [2.24, 2.45) is 5.73 Å². The van der Waals surface area contributed by atoms with Crippen LogP contribution in [0.4, 0.5) is 19.0 Å². The molecule has 5 nitrogen and oxygen atoms in total. The third-order valence-electron chi connectivity index (χ3n) is 1.83. The highest BCUT2D eigenvalue weighted by Gasteiger charge is 2.27. The minimum absolute atomic E-state index is 0.229. The van der Waals surface area contributed by atoms with Gasteiger partial charge < -0.3 is 15.8 Å². The summed E-state index contributed by atoms with van der Waals surface area (Å²) in [6.07, 6.45) is -2.98. The first-order chi connectivity index (χ1) is 8.40. The lowest BCUT2D eigenvalue weighted by atomic mass is 10.3. The zero-order valence-corrected chi connectivity index (χ0v) is 9.33. The molecule has 0 aliphatic carbocycles. The van der Waals surface area contributed by atoms with Gasteiger partial charge in [-0.05, 0) is 11.6 Å². The van der Waals surface area contributed by atoms with E-state index in [1.807, 2.05) is 0 Å². The van der Waals surface area contributed by atoms with Crippen molar-refractivity contribution in [1.82, 2.24) is 4.98 Å². The number of ether oxygens (including phenoxy) is 1. The highest BCUT2D eigenvalue weighted by molar-refractivity contribution is 5.90. The Morgan fingerprint density at radius 2 is 2.17 bits per heavy atom. The maximum absolute atomic E-state index is 11.7. The summed E-state index contributed by atoms with van der Waals surface area (Å²) >= 11 is 0. The molecule has 1 amide bonds. The van der Waals surface area contributed by atoms with E-state index in [4.69, 9.17) is 5.73 Å². The summed E-state index contributed by atoms with van der Waals surface area (Å²) in [6.45, 7) is -1.82. The molecule has 8 heteroatoms. The molecule has 18 heavy (non-hydrogen) atoms. The third kappa shape index (κ3) is 5.60. The van der Waals surface area contributed by atoms with Gasteiger partial charge in [0.05, 0.1) is 0 Å². The number of rotatable bonds is 5. The van der Waals surface area contributed by atoms with Gasteiger partial charge in [0.1, 0.15) is 19.0 Å². The van der Waals surface area contributed by atoms with Crippen LogP contribution in [0, 0.1) is 0 Å². The molecule has 1 heterocycles. The van der Waals surface area contributed by atoms with Crippen molar-refractivity contribution in [2.45, 2.75) is 12.7 Å². The second-order valence-electron chi connectivity index (χ2n) is 3.41. The Morgan fingerprint density at radius 1 is 1.44 bits per heavy atom. The number of anilines is 1. The lowest BCUT2D eigenvalue weighted by Crippen LogP contribution is -2.24. The molecule has 0 aliphatic heterocycles. The fraction of sp³-hybridized carbons (Fsp3) is 0.400. The van der Waals surface area contributed by atoms with E-state index in [0.29, 0.717) is 6.54 Å². The largest absolute Gasteiger partial charge is 0.411 e. The van der Waals surface area contributed by atoms with Crippen LogP contribution in [0.2, 0.25) is 0 Å². The first-order valence-corrected chi connectivity index (χ1v) is 5.00. The number of carbonyl (C=O) groups is 1. The number of nitrogens with zero attached hydrogens (tertiary/aromatic N) is 1. The molecule has 0 saturated carbocycles. The summed E-state index contributed by atoms with van der Waals surface area (Å²) in [6, 6.07) is 3.16. The number of carbonyl (C=O) groups excluding carboxylic acids is 1. The highest BCUT2D eigenvalue weighted by Crippen LogP contribution is 2.14. The Bertz CT molecular complexity index is 392. The molecule has 1 aromatic heterocycles. The van der Waals surface area contributed by atoms with Crippen molar-refractivity contribution in [3.63, 3.8) is 0 Å². The molecule has 0 unspecified atom stereocenters. The van der Waals surface area contributed by atoms with E-state index >= 15 is 0 Å². The van der Waals surface area contributed by atoms with Crippen molar-refractivity contribution in [3.05, 3.63) is 23.9 Å². The number of hydrogen-bond acceptors (Lipinski definition) is 4. The van der Waals surface area contributed by atoms with Crippen molar-refractivity contribution in [1.29, 1.82) is 0 Å². The minimum Gasteiger partial charge on any atom is -0.362 e. The Kier molecular flexibility index (Phi) is 5.05. The fourth-order valence-electron chi connectivity index (χ4n) is 1.06. The molecule has 0 radical (unpaired) electrons. The summed E-state index contributed by atoms with van der Waals surface area (Å²) in [4.78, 5) is 15.0. The van der Waals surface area contributed by atoms with E-state index in [9.17, 15) is 18.0 Å². The van der Waals surface area contributed by atoms with E-state index in [2.05, 4.69) is 15.0 Å². The number of nitrogens with two attached hydrogens (primary N) is 1. The van der Waals surface area contributed by atoms with Gasteiger partial charge in [-0.15, -0.1) is 0 Å². The molecule has 100 valence electrons. The van der Waals surface area contributed by atoms with Crippen LogP contribution < -0.4 is 11.1 Å². The predicted molar refractivity (Wildman–Crippen MR) is 57.6 cm³/mol. The predicted octanol–water partition coefficient (Wildman–Crippen LogP) is 1.06. The minimum atomic E-state index is -4.44. The molecule has 0 aliphatic rings. The molecule has 1 aromatic rings. The topological polar surface area (TPSA) is 77.2 Å². The van der Waals surface area contributed by atoms with Gasteiger partial charge in [-0.1, -0.05) is 6.07 Å². The lowest BCUT2D eigenvalue weighted by molar-refractivity contribution is -0.174. The molecule has 0 fully saturated rings. The van der Waals surface area contributed by atoms with Crippen molar-refractivity contribution in [2.75, 3.05) is 18.5 Å². The fourth-order valence-corrected chi connectivity index (χ4v) is 1.06. The van der Waals surface area contributed by atoms with Gasteiger partial charge in [-0.2, -0.15) is 13.2 Å². The van der Waals surface area contributed by atoms with Crippen LogP contribution in [0.1, 0.15) is 5.56 Å². The van der Waals surface area contributed by atoms with Gasteiger partial charge in [0.2, 0.25) is 0 Å². The second-order valence-corrected chi connectivity index (χ2v) is 3.41. The molecule has 0 saturated heterocycles. The summed E-state index contributed by atoms with van der Waals surface area (Å²) in [5.74, 6) is -0.472. The zero-order chi connectivity index (χ0) is 13.6. The standard InChI is InChI=1S/C10H12F3N3O2/c11-10(12,13)6-18-5-9(17)16-8-2-1-7(3-14)4-15-8/h1-2,4H,3,5-6,14H2,(H,15,16,17). The molecule has 3 N–H and O–H groups in total. The number of alkyl halides is 3. The molecular weight excluding hydrogens is 251 g/mol. The number of aromatic nitrogens is 1. The van der Waals surface area contributed by atoms with Crippen molar-refractivity contribution < 1.29 is 22.7 Å². The average molecular weight is 263 g/mol. The van der Waals surface area contributed by atoms with Crippen LogP contribution in [-0.4, -0.2) is 30.3 Å². The van der Waals surface area contributed by atoms with E-state index in [1.165, 1.54) is 12.3 Å². The Hall–Kier alpha value is -1.67. The first kappa shape index (κ1) is 14.4. The lowest BCUT2D eigenvalue weighted by Gasteiger charge is -2.08. The number of nitrogens with one attached hydrogen (secondary N) is 1. The third-order valence-corrected chi connectivity index (χ3v) is 1.83. The first-order valence-electron chi connectivity index (χ1n) is 5.00. The van der Waals surface area contributed by atoms with Gasteiger partial charge in [0.25, 0.3) is 5.91 Å². The van der Waals surface area contributed by atoms with Crippen molar-refractivity contribution in [3.8, 4) is 0 Å². The summed E-state index contributed by atoms with van der Waals surface area (Å²) in [5.41, 5.74) is 6.13. The van der Waals surface area contributed by atoms with Gasteiger partial charge in [-0.25, -0.2) is 4.98 Å². The Morgan fingerprint density at radius 3 is 2.67 bits per heavy atom. The van der Waals surface area contributed by atoms with Crippen molar-refractivity contribution >= 4 is 11.7 Å². The Labute approximate surface area is 101 Å². The SMILES string of the molecule is NCc1ccc(NC(=O)COCC(F)(F)F)nc1. The number of hydrogen-bond donors (Lipinski definition) is 2. The zero-order valence-electron chi connectivity index (χ0n) is 9.33. The number of pyridine rings is 1. The van der Waals surface area contributed by atoms with Gasteiger partial charge in [-0.3, -0.25) is 4.79 Å². The molecule has 0 spiro atoms. The molecule has 1 rings (SSSR count). The maximum Gasteiger partial charge on any atom is 0.411 e. The molecule has 0 bridgehead atoms. The van der Waals surface area contributed by atoms with Crippen LogP contribution in [0.5, 0.6) is 0 Å². The maximum atomic E-state index is 11.7.